The third kappa shape index (κ3) is 2.18. The maximum absolute atomic E-state index is 12.4. The van der Waals surface area contributed by atoms with Crippen molar-refractivity contribution in [1.82, 2.24) is 14.9 Å². The maximum Gasteiger partial charge on any atom is 0.449 e. The first-order chi connectivity index (χ1) is 9.88. The number of alkyl halides is 3. The van der Waals surface area contributed by atoms with Crippen LogP contribution >= 0.6 is 0 Å². The summed E-state index contributed by atoms with van der Waals surface area (Å²) in [4.78, 5) is 30.3. The number of carbonyl (C=O) groups excluding carboxylic acids is 2. The third-order valence-electron chi connectivity index (χ3n) is 3.10. The fraction of sp³-hybridized carbons (Fsp3) is 0.154. The molecule has 0 saturated carbocycles. The van der Waals surface area contributed by atoms with E-state index in [-0.39, 0.29) is 23.4 Å². The van der Waals surface area contributed by atoms with Gasteiger partial charge in [0.25, 0.3) is 11.8 Å². The maximum atomic E-state index is 12.4. The highest BCUT2D eigenvalue weighted by Gasteiger charge is 2.37. The Balaban J connectivity index is 1.86. The number of aromatic amines is 1. The number of fused-ring (bicyclic) bond motifs is 1. The Hall–Kier alpha value is -2.64. The molecule has 3 rings (SSSR count). The summed E-state index contributed by atoms with van der Waals surface area (Å²) < 4.78 is 37.3. The molecule has 5 nitrogen and oxygen atoms in total. The smallest absolute Gasteiger partial charge is 0.337 e. The SMILES string of the molecule is O=C1c2ccccc2C(=O)N1Cc1cnc(C(F)(F)F)[nH]1. The lowest BCUT2D eigenvalue weighted by Crippen LogP contribution is -2.29. The van der Waals surface area contributed by atoms with E-state index in [1.165, 1.54) is 12.1 Å². The second-order valence-electron chi connectivity index (χ2n) is 4.50. The molecular formula is C13H8F3N3O2. The summed E-state index contributed by atoms with van der Waals surface area (Å²) in [6.07, 6.45) is -3.63. The number of hydrogen-bond acceptors (Lipinski definition) is 3. The third-order valence-corrected chi connectivity index (χ3v) is 3.10. The zero-order valence-corrected chi connectivity index (χ0v) is 10.4. The van der Waals surface area contributed by atoms with Gasteiger partial charge in [0.15, 0.2) is 0 Å². The molecule has 0 unspecified atom stereocenters. The summed E-state index contributed by atoms with van der Waals surface area (Å²) in [7, 11) is 0. The average molecular weight is 295 g/mol. The lowest BCUT2D eigenvalue weighted by molar-refractivity contribution is -0.144. The lowest BCUT2D eigenvalue weighted by Gasteiger charge is -2.12. The van der Waals surface area contributed by atoms with Crippen LogP contribution in [0.5, 0.6) is 0 Å². The van der Waals surface area contributed by atoms with Crippen molar-refractivity contribution in [3.63, 3.8) is 0 Å². The van der Waals surface area contributed by atoms with Crippen molar-refractivity contribution in [1.29, 1.82) is 0 Å². The molecule has 0 bridgehead atoms. The van der Waals surface area contributed by atoms with Gasteiger partial charge in [-0.25, -0.2) is 4.98 Å². The molecule has 21 heavy (non-hydrogen) atoms. The monoisotopic (exact) mass is 295 g/mol. The van der Waals surface area contributed by atoms with E-state index in [1.807, 2.05) is 0 Å². The highest BCUT2D eigenvalue weighted by molar-refractivity contribution is 6.21. The number of rotatable bonds is 2. The second kappa shape index (κ2) is 4.44. The number of nitrogens with zero attached hydrogens (tertiary/aromatic N) is 2. The van der Waals surface area contributed by atoms with Crippen LogP contribution < -0.4 is 0 Å². The van der Waals surface area contributed by atoms with Crippen LogP contribution in [0.25, 0.3) is 0 Å². The molecule has 8 heteroatoms. The molecule has 1 aliphatic heterocycles. The topological polar surface area (TPSA) is 66.1 Å². The predicted octanol–water partition coefficient (Wildman–Crippen LogP) is 2.22. The highest BCUT2D eigenvalue weighted by atomic mass is 19.4. The van der Waals surface area contributed by atoms with Crippen molar-refractivity contribution >= 4 is 11.8 Å². The van der Waals surface area contributed by atoms with Gasteiger partial charge in [0.05, 0.1) is 29.6 Å². The number of halogens is 3. The van der Waals surface area contributed by atoms with Crippen LogP contribution in [0.4, 0.5) is 13.2 Å². The molecule has 0 aliphatic carbocycles. The number of nitrogens with one attached hydrogen (secondary N) is 1. The molecule has 0 atom stereocenters. The number of imide groups is 1. The van der Waals surface area contributed by atoms with Crippen LogP contribution in [0.2, 0.25) is 0 Å². The molecule has 2 heterocycles. The van der Waals surface area contributed by atoms with Gasteiger partial charge in [0, 0.05) is 0 Å². The summed E-state index contributed by atoms with van der Waals surface area (Å²) in [5, 5.41) is 0. The van der Waals surface area contributed by atoms with E-state index in [0.29, 0.717) is 0 Å². The Kier molecular flexibility index (Phi) is 2.82. The molecule has 0 radical (unpaired) electrons. The van der Waals surface area contributed by atoms with Gasteiger partial charge in [-0.05, 0) is 12.1 Å². The van der Waals surface area contributed by atoms with Crippen LogP contribution in [0, 0.1) is 0 Å². The number of aromatic nitrogens is 2. The fourth-order valence-corrected chi connectivity index (χ4v) is 2.14. The Morgan fingerprint density at radius 3 is 2.14 bits per heavy atom. The summed E-state index contributed by atoms with van der Waals surface area (Å²) >= 11 is 0. The first-order valence-electron chi connectivity index (χ1n) is 5.94. The van der Waals surface area contributed by atoms with E-state index < -0.39 is 23.8 Å². The number of H-pyrrole nitrogens is 1. The lowest BCUT2D eigenvalue weighted by atomic mass is 10.1. The average Bonchev–Trinajstić information content (AvgIpc) is 2.99. The minimum atomic E-state index is -4.60. The van der Waals surface area contributed by atoms with Crippen LogP contribution in [0.3, 0.4) is 0 Å². The Labute approximate surface area is 116 Å². The standard InChI is InChI=1S/C13H8F3N3O2/c14-13(15,16)12-17-5-7(18-12)6-19-10(20)8-3-1-2-4-9(8)11(19)21/h1-5H,6H2,(H,17,18). The first kappa shape index (κ1) is 13.3. The van der Waals surface area contributed by atoms with Crippen molar-refractivity contribution in [3.8, 4) is 0 Å². The highest BCUT2D eigenvalue weighted by Crippen LogP contribution is 2.28. The molecule has 1 N–H and O–H groups in total. The molecule has 108 valence electrons. The predicted molar refractivity (Wildman–Crippen MR) is 64.2 cm³/mol. The second-order valence-corrected chi connectivity index (χ2v) is 4.50. The number of imidazole rings is 1. The van der Waals surface area contributed by atoms with Gasteiger partial charge < -0.3 is 4.98 Å². The van der Waals surface area contributed by atoms with E-state index in [4.69, 9.17) is 0 Å². The quantitative estimate of drug-likeness (QED) is 0.864. The van der Waals surface area contributed by atoms with Crippen molar-refractivity contribution in [2.24, 2.45) is 0 Å². The number of amides is 2. The zero-order valence-electron chi connectivity index (χ0n) is 10.4. The molecule has 1 aliphatic rings. The molecule has 0 spiro atoms. The van der Waals surface area contributed by atoms with Gasteiger partial charge in [-0.3, -0.25) is 14.5 Å². The van der Waals surface area contributed by atoms with Crippen LogP contribution in [-0.4, -0.2) is 26.7 Å². The van der Waals surface area contributed by atoms with Gasteiger partial charge in [0.1, 0.15) is 0 Å². The molecule has 1 aromatic heterocycles. The first-order valence-corrected chi connectivity index (χ1v) is 5.94. The summed E-state index contributed by atoms with van der Waals surface area (Å²) in [6, 6.07) is 6.24. The largest absolute Gasteiger partial charge is 0.449 e. The van der Waals surface area contributed by atoms with Gasteiger partial charge in [0.2, 0.25) is 5.82 Å². The molecule has 0 saturated heterocycles. The van der Waals surface area contributed by atoms with E-state index >= 15 is 0 Å². The summed E-state index contributed by atoms with van der Waals surface area (Å²) in [5.74, 6) is -2.22. The molecule has 2 aromatic rings. The normalized spacial score (nSPS) is 14.7. The zero-order chi connectivity index (χ0) is 15.2. The van der Waals surface area contributed by atoms with E-state index in [0.717, 1.165) is 11.1 Å². The van der Waals surface area contributed by atoms with Crippen molar-refractivity contribution < 1.29 is 22.8 Å². The van der Waals surface area contributed by atoms with Crippen molar-refractivity contribution in [2.75, 3.05) is 0 Å². The number of benzene rings is 1. The number of carbonyl (C=O) groups is 2. The van der Waals surface area contributed by atoms with Gasteiger partial charge in [-0.1, -0.05) is 12.1 Å². The van der Waals surface area contributed by atoms with Gasteiger partial charge >= 0.3 is 6.18 Å². The molecule has 1 aromatic carbocycles. The Bertz CT molecular complexity index is 701. The van der Waals surface area contributed by atoms with E-state index in [2.05, 4.69) is 9.97 Å². The van der Waals surface area contributed by atoms with Crippen LogP contribution in [0.1, 0.15) is 32.2 Å². The summed E-state index contributed by atoms with van der Waals surface area (Å²) in [5.41, 5.74) is 0.535. The Morgan fingerprint density at radius 2 is 1.67 bits per heavy atom. The fourth-order valence-electron chi connectivity index (χ4n) is 2.14. The van der Waals surface area contributed by atoms with Crippen molar-refractivity contribution in [2.45, 2.75) is 12.7 Å². The van der Waals surface area contributed by atoms with Crippen LogP contribution in [0.15, 0.2) is 30.5 Å². The van der Waals surface area contributed by atoms with E-state index in [9.17, 15) is 22.8 Å². The minimum Gasteiger partial charge on any atom is -0.337 e. The Morgan fingerprint density at radius 1 is 1.10 bits per heavy atom. The molecular weight excluding hydrogens is 287 g/mol. The summed E-state index contributed by atoms with van der Waals surface area (Å²) in [6.45, 7) is -0.282. The van der Waals surface area contributed by atoms with Crippen molar-refractivity contribution in [3.05, 3.63) is 53.1 Å². The molecule has 2 amide bonds. The molecule has 0 fully saturated rings. The minimum absolute atomic E-state index is 0.0387. The van der Waals surface area contributed by atoms with E-state index in [1.54, 1.807) is 12.1 Å². The van der Waals surface area contributed by atoms with Gasteiger partial charge in [-0.15, -0.1) is 0 Å². The van der Waals surface area contributed by atoms with Crippen LogP contribution in [-0.2, 0) is 12.7 Å². The van der Waals surface area contributed by atoms with Gasteiger partial charge in [-0.2, -0.15) is 13.2 Å². The number of hydrogen-bond donors (Lipinski definition) is 1.